The minimum atomic E-state index is -0.239. The molecule has 3 heteroatoms. The fraction of sp³-hybridized carbons (Fsp3) is 0. The molecule has 0 saturated carbocycles. The number of benzene rings is 1. The SMILES string of the molecule is Fc1ccc2nc[nH]c2c1.[HH]. The summed E-state index contributed by atoms with van der Waals surface area (Å²) < 4.78 is 12.5. The second-order valence-corrected chi connectivity index (χ2v) is 2.06. The van der Waals surface area contributed by atoms with E-state index in [0.29, 0.717) is 0 Å². The van der Waals surface area contributed by atoms with Crippen LogP contribution in [-0.2, 0) is 0 Å². The number of nitrogens with zero attached hydrogens (tertiary/aromatic N) is 1. The average molecular weight is 138 g/mol. The lowest BCUT2D eigenvalue weighted by molar-refractivity contribution is 0.629. The lowest BCUT2D eigenvalue weighted by atomic mass is 10.3. The summed E-state index contributed by atoms with van der Waals surface area (Å²) >= 11 is 0. The van der Waals surface area contributed by atoms with E-state index in [0.717, 1.165) is 11.0 Å². The van der Waals surface area contributed by atoms with Crippen LogP contribution in [0, 0.1) is 5.82 Å². The Bertz CT molecular complexity index is 358. The Labute approximate surface area is 58.2 Å². The molecule has 2 aromatic rings. The highest BCUT2D eigenvalue weighted by atomic mass is 19.1. The zero-order chi connectivity index (χ0) is 6.97. The number of aromatic nitrogens is 2. The van der Waals surface area contributed by atoms with E-state index in [1.165, 1.54) is 12.1 Å². The Hall–Kier alpha value is -1.38. The molecule has 0 spiro atoms. The molecule has 0 unspecified atom stereocenters. The molecule has 1 heterocycles. The molecule has 0 atom stereocenters. The van der Waals surface area contributed by atoms with Gasteiger partial charge < -0.3 is 4.98 Å². The third kappa shape index (κ3) is 0.673. The van der Waals surface area contributed by atoms with Gasteiger partial charge in [-0.05, 0) is 18.2 Å². The third-order valence-electron chi connectivity index (χ3n) is 1.38. The van der Waals surface area contributed by atoms with Crippen molar-refractivity contribution in [3.8, 4) is 0 Å². The number of hydrogen-bond donors (Lipinski definition) is 1. The molecule has 0 radical (unpaired) electrons. The molecule has 0 aliphatic rings. The van der Waals surface area contributed by atoms with E-state index in [2.05, 4.69) is 9.97 Å². The van der Waals surface area contributed by atoms with Crippen molar-refractivity contribution in [2.75, 3.05) is 0 Å². The number of nitrogens with one attached hydrogen (secondary N) is 1. The van der Waals surface area contributed by atoms with Gasteiger partial charge in [-0.2, -0.15) is 0 Å². The Morgan fingerprint density at radius 2 is 2.40 bits per heavy atom. The van der Waals surface area contributed by atoms with Gasteiger partial charge in [-0.25, -0.2) is 9.37 Å². The highest BCUT2D eigenvalue weighted by molar-refractivity contribution is 5.73. The van der Waals surface area contributed by atoms with Gasteiger partial charge in [0.25, 0.3) is 0 Å². The van der Waals surface area contributed by atoms with E-state index in [1.54, 1.807) is 12.4 Å². The van der Waals surface area contributed by atoms with Crippen LogP contribution in [0.3, 0.4) is 0 Å². The number of aromatic amines is 1. The number of hydrogen-bond acceptors (Lipinski definition) is 1. The maximum Gasteiger partial charge on any atom is 0.125 e. The minimum absolute atomic E-state index is 0. The standard InChI is InChI=1S/C7H5FN2.H2/c8-5-1-2-6-7(3-5)10-4-9-6;/h1-4H,(H,9,10);1H. The molecule has 1 N–H and O–H groups in total. The fourth-order valence-corrected chi connectivity index (χ4v) is 0.908. The van der Waals surface area contributed by atoms with E-state index in [1.807, 2.05) is 0 Å². The van der Waals surface area contributed by atoms with Crippen LogP contribution >= 0.6 is 0 Å². The first-order valence-corrected chi connectivity index (χ1v) is 2.95. The van der Waals surface area contributed by atoms with Gasteiger partial charge in [-0.15, -0.1) is 0 Å². The summed E-state index contributed by atoms with van der Waals surface area (Å²) in [4.78, 5) is 6.75. The maximum absolute atomic E-state index is 12.5. The van der Waals surface area contributed by atoms with E-state index >= 15 is 0 Å². The molecule has 0 aliphatic carbocycles. The highest BCUT2D eigenvalue weighted by Crippen LogP contribution is 2.09. The molecule has 0 amide bonds. The van der Waals surface area contributed by atoms with Gasteiger partial charge in [0.1, 0.15) is 5.82 Å². The first kappa shape index (κ1) is 5.41. The molecular weight excluding hydrogens is 131 g/mol. The lowest BCUT2D eigenvalue weighted by Gasteiger charge is -1.86. The van der Waals surface area contributed by atoms with Gasteiger partial charge in [0.05, 0.1) is 17.4 Å². The van der Waals surface area contributed by atoms with Crippen molar-refractivity contribution < 1.29 is 5.82 Å². The zero-order valence-corrected chi connectivity index (χ0v) is 5.13. The van der Waals surface area contributed by atoms with Crippen LogP contribution in [0.15, 0.2) is 24.5 Å². The molecule has 1 aromatic carbocycles. The smallest absolute Gasteiger partial charge is 0.125 e. The van der Waals surface area contributed by atoms with Crippen molar-refractivity contribution in [1.82, 2.24) is 9.97 Å². The van der Waals surface area contributed by atoms with Crippen LogP contribution in [0.5, 0.6) is 0 Å². The third-order valence-corrected chi connectivity index (χ3v) is 1.38. The van der Waals surface area contributed by atoms with E-state index in [-0.39, 0.29) is 7.24 Å². The predicted octanol–water partition coefficient (Wildman–Crippen LogP) is 1.95. The van der Waals surface area contributed by atoms with Crippen LogP contribution in [0.25, 0.3) is 11.0 Å². The maximum atomic E-state index is 12.5. The second-order valence-electron chi connectivity index (χ2n) is 2.06. The first-order valence-electron chi connectivity index (χ1n) is 2.95. The van der Waals surface area contributed by atoms with Gasteiger partial charge in [-0.1, -0.05) is 0 Å². The van der Waals surface area contributed by atoms with Crippen LogP contribution in [0.4, 0.5) is 4.39 Å². The van der Waals surface area contributed by atoms with Crippen molar-refractivity contribution in [3.63, 3.8) is 0 Å². The Balaban J connectivity index is 0.000000605. The molecule has 0 saturated heterocycles. The Morgan fingerprint density at radius 1 is 1.50 bits per heavy atom. The fourth-order valence-electron chi connectivity index (χ4n) is 0.908. The van der Waals surface area contributed by atoms with Gasteiger partial charge in [0, 0.05) is 1.43 Å². The molecule has 52 valence electrons. The van der Waals surface area contributed by atoms with Gasteiger partial charge in [0.15, 0.2) is 0 Å². The van der Waals surface area contributed by atoms with E-state index in [4.69, 9.17) is 0 Å². The Morgan fingerprint density at radius 3 is 3.30 bits per heavy atom. The molecular formula is C7H7FN2. The van der Waals surface area contributed by atoms with Crippen molar-refractivity contribution in [3.05, 3.63) is 30.3 Å². The van der Waals surface area contributed by atoms with Crippen LogP contribution in [0.1, 0.15) is 1.43 Å². The summed E-state index contributed by atoms with van der Waals surface area (Å²) in [5.74, 6) is -0.239. The van der Waals surface area contributed by atoms with Gasteiger partial charge in [-0.3, -0.25) is 0 Å². The summed E-state index contributed by atoms with van der Waals surface area (Å²) in [6, 6.07) is 4.45. The topological polar surface area (TPSA) is 28.7 Å². The van der Waals surface area contributed by atoms with E-state index in [9.17, 15) is 4.39 Å². The monoisotopic (exact) mass is 138 g/mol. The largest absolute Gasteiger partial charge is 0.345 e. The highest BCUT2D eigenvalue weighted by Gasteiger charge is 1.94. The number of rotatable bonds is 0. The van der Waals surface area contributed by atoms with Crippen molar-refractivity contribution in [1.29, 1.82) is 0 Å². The number of halogens is 1. The molecule has 0 bridgehead atoms. The number of H-pyrrole nitrogens is 1. The lowest BCUT2D eigenvalue weighted by Crippen LogP contribution is -1.72. The first-order chi connectivity index (χ1) is 4.86. The van der Waals surface area contributed by atoms with Crippen LogP contribution < -0.4 is 0 Å². The molecule has 10 heavy (non-hydrogen) atoms. The zero-order valence-electron chi connectivity index (χ0n) is 5.13. The molecule has 0 fully saturated rings. The molecule has 1 aromatic heterocycles. The van der Waals surface area contributed by atoms with E-state index < -0.39 is 0 Å². The molecule has 2 rings (SSSR count). The summed E-state index contributed by atoms with van der Waals surface area (Å²) in [6.45, 7) is 0. The van der Waals surface area contributed by atoms with Crippen LogP contribution in [-0.4, -0.2) is 9.97 Å². The second kappa shape index (κ2) is 1.80. The summed E-state index contributed by atoms with van der Waals surface area (Å²) in [5, 5.41) is 0. The van der Waals surface area contributed by atoms with Crippen molar-refractivity contribution in [2.45, 2.75) is 0 Å². The molecule has 2 nitrogen and oxygen atoms in total. The van der Waals surface area contributed by atoms with Gasteiger partial charge >= 0.3 is 0 Å². The van der Waals surface area contributed by atoms with Crippen LogP contribution in [0.2, 0.25) is 0 Å². The van der Waals surface area contributed by atoms with Crippen molar-refractivity contribution in [2.24, 2.45) is 0 Å². The number of imidazole rings is 1. The minimum Gasteiger partial charge on any atom is -0.345 e. The van der Waals surface area contributed by atoms with Gasteiger partial charge in [0.2, 0.25) is 0 Å². The number of fused-ring (bicyclic) bond motifs is 1. The Kier molecular flexibility index (Phi) is 0.974. The quantitative estimate of drug-likeness (QED) is 0.592. The summed E-state index contributed by atoms with van der Waals surface area (Å²) in [6.07, 6.45) is 1.55. The summed E-state index contributed by atoms with van der Waals surface area (Å²) in [5.41, 5.74) is 1.53. The molecule has 0 aliphatic heterocycles. The summed E-state index contributed by atoms with van der Waals surface area (Å²) in [7, 11) is 0. The average Bonchev–Trinajstić information content (AvgIpc) is 2.33. The predicted molar refractivity (Wildman–Crippen MR) is 38.2 cm³/mol. The van der Waals surface area contributed by atoms with Crippen molar-refractivity contribution >= 4 is 11.0 Å². The normalized spacial score (nSPS) is 10.5.